The van der Waals surface area contributed by atoms with Crippen LogP contribution in [0.25, 0.3) is 0 Å². The van der Waals surface area contributed by atoms with Crippen molar-refractivity contribution in [1.29, 1.82) is 0 Å². The molecule has 0 amide bonds. The van der Waals surface area contributed by atoms with E-state index in [4.69, 9.17) is 4.74 Å². The van der Waals surface area contributed by atoms with Crippen LogP contribution < -0.4 is 5.32 Å². The Hall–Kier alpha value is -0.450. The van der Waals surface area contributed by atoms with Gasteiger partial charge in [-0.15, -0.1) is 0 Å². The fourth-order valence-corrected chi connectivity index (χ4v) is 2.81. The first-order valence-corrected chi connectivity index (χ1v) is 8.31. The number of hydrogen-bond donors (Lipinski definition) is 1. The van der Waals surface area contributed by atoms with Crippen LogP contribution in [-0.4, -0.2) is 19.3 Å². The zero-order chi connectivity index (χ0) is 14.2. The van der Waals surface area contributed by atoms with Gasteiger partial charge in [0.05, 0.1) is 10.6 Å². The van der Waals surface area contributed by atoms with E-state index in [1.54, 1.807) is 12.1 Å². The fourth-order valence-electron chi connectivity index (χ4n) is 2.56. The van der Waals surface area contributed by atoms with Crippen LogP contribution in [0.15, 0.2) is 22.7 Å². The molecule has 0 saturated heterocycles. The summed E-state index contributed by atoms with van der Waals surface area (Å²) in [5.74, 6) is -0.204. The summed E-state index contributed by atoms with van der Waals surface area (Å²) in [6, 6.07) is 5.24. The molecule has 1 aromatic carbocycles. The van der Waals surface area contributed by atoms with E-state index in [0.29, 0.717) is 17.1 Å². The zero-order valence-corrected chi connectivity index (χ0v) is 13.4. The van der Waals surface area contributed by atoms with Crippen molar-refractivity contribution in [3.8, 4) is 0 Å². The second-order valence-electron chi connectivity index (χ2n) is 5.41. The monoisotopic (exact) mass is 343 g/mol. The van der Waals surface area contributed by atoms with Crippen molar-refractivity contribution >= 4 is 15.9 Å². The number of nitrogens with one attached hydrogen (secondary N) is 1. The minimum Gasteiger partial charge on any atom is -0.378 e. The lowest BCUT2D eigenvalue weighted by molar-refractivity contribution is 0.0273. The maximum absolute atomic E-state index is 13.3. The summed E-state index contributed by atoms with van der Waals surface area (Å²) in [6.07, 6.45) is 7.96. The van der Waals surface area contributed by atoms with E-state index < -0.39 is 0 Å². The van der Waals surface area contributed by atoms with Gasteiger partial charge in [0.2, 0.25) is 0 Å². The summed E-state index contributed by atoms with van der Waals surface area (Å²) in [7, 11) is 0. The molecule has 1 aromatic rings. The Balaban J connectivity index is 1.53. The van der Waals surface area contributed by atoms with Gasteiger partial charge in [-0.25, -0.2) is 4.39 Å². The summed E-state index contributed by atoms with van der Waals surface area (Å²) in [5, 5.41) is 3.32. The van der Waals surface area contributed by atoms with E-state index in [0.717, 1.165) is 25.1 Å². The molecule has 0 atom stereocenters. The van der Waals surface area contributed by atoms with Crippen molar-refractivity contribution in [1.82, 2.24) is 5.32 Å². The molecule has 0 aromatic heterocycles. The molecule has 0 bridgehead atoms. The summed E-state index contributed by atoms with van der Waals surface area (Å²) in [5.41, 5.74) is 0.971. The van der Waals surface area contributed by atoms with Crippen molar-refractivity contribution in [2.24, 2.45) is 0 Å². The molecule has 2 nitrogen and oxygen atoms in total. The molecule has 1 N–H and O–H groups in total. The fraction of sp³-hybridized carbons (Fsp3) is 0.625. The van der Waals surface area contributed by atoms with E-state index in [1.165, 1.54) is 32.1 Å². The number of halogens is 2. The van der Waals surface area contributed by atoms with Gasteiger partial charge >= 0.3 is 0 Å². The van der Waals surface area contributed by atoms with Gasteiger partial charge in [-0.3, -0.25) is 0 Å². The molecule has 0 unspecified atom stereocenters. The van der Waals surface area contributed by atoms with Gasteiger partial charge in [0, 0.05) is 13.2 Å². The van der Waals surface area contributed by atoms with Crippen LogP contribution in [0.4, 0.5) is 4.39 Å². The molecule has 0 heterocycles. The maximum atomic E-state index is 13.3. The van der Waals surface area contributed by atoms with Crippen molar-refractivity contribution in [2.45, 2.75) is 51.2 Å². The third kappa shape index (κ3) is 5.51. The van der Waals surface area contributed by atoms with Gasteiger partial charge in [0.15, 0.2) is 0 Å². The summed E-state index contributed by atoms with van der Waals surface area (Å²) < 4.78 is 19.7. The Labute approximate surface area is 129 Å². The molecular weight excluding hydrogens is 321 g/mol. The molecule has 112 valence electrons. The lowest BCUT2D eigenvalue weighted by Crippen LogP contribution is -2.20. The third-order valence-corrected chi connectivity index (χ3v) is 4.36. The first kappa shape index (κ1) is 15.9. The lowest BCUT2D eigenvalue weighted by atomic mass is 9.98. The zero-order valence-electron chi connectivity index (χ0n) is 11.8. The molecule has 0 spiro atoms. The molecule has 0 radical (unpaired) electrons. The molecular formula is C16H23BrFNO. The number of hydrogen-bond acceptors (Lipinski definition) is 2. The number of rotatable bonds is 7. The van der Waals surface area contributed by atoms with Crippen LogP contribution in [0.5, 0.6) is 0 Å². The van der Waals surface area contributed by atoms with Crippen LogP contribution >= 0.6 is 15.9 Å². The Morgan fingerprint density at radius 3 is 2.80 bits per heavy atom. The third-order valence-electron chi connectivity index (χ3n) is 3.72. The summed E-state index contributed by atoms with van der Waals surface area (Å²) in [4.78, 5) is 0. The van der Waals surface area contributed by atoms with Gasteiger partial charge < -0.3 is 10.1 Å². The second kappa shape index (κ2) is 8.75. The Bertz CT molecular complexity index is 407. The van der Waals surface area contributed by atoms with E-state index in [9.17, 15) is 4.39 Å². The van der Waals surface area contributed by atoms with Gasteiger partial charge in [-0.05, 0) is 59.4 Å². The molecule has 1 saturated carbocycles. The predicted octanol–water partition coefficient (Wildman–Crippen LogP) is 4.42. The Morgan fingerprint density at radius 1 is 1.25 bits per heavy atom. The van der Waals surface area contributed by atoms with Crippen LogP contribution in [0.3, 0.4) is 0 Å². The molecule has 0 aliphatic heterocycles. The van der Waals surface area contributed by atoms with Crippen LogP contribution in [0.2, 0.25) is 0 Å². The largest absolute Gasteiger partial charge is 0.378 e. The number of ether oxygens (including phenoxy) is 1. The van der Waals surface area contributed by atoms with Crippen molar-refractivity contribution in [2.75, 3.05) is 13.2 Å². The topological polar surface area (TPSA) is 21.3 Å². The SMILES string of the molecule is Fc1cc(CNCCCOC2CCCCC2)ccc1Br. The Kier molecular flexibility index (Phi) is 6.97. The smallest absolute Gasteiger partial charge is 0.137 e. The molecule has 1 aliphatic carbocycles. The second-order valence-corrected chi connectivity index (χ2v) is 6.26. The van der Waals surface area contributed by atoms with Gasteiger partial charge in [0.1, 0.15) is 5.82 Å². The van der Waals surface area contributed by atoms with E-state index in [2.05, 4.69) is 21.2 Å². The van der Waals surface area contributed by atoms with Crippen LogP contribution in [0.1, 0.15) is 44.1 Å². The van der Waals surface area contributed by atoms with E-state index >= 15 is 0 Å². The molecule has 2 rings (SSSR count). The van der Waals surface area contributed by atoms with E-state index in [-0.39, 0.29) is 5.82 Å². The standard InChI is InChI=1S/C16H23BrFNO/c17-15-8-7-13(11-16(15)18)12-19-9-4-10-20-14-5-2-1-3-6-14/h7-8,11,14,19H,1-6,9-10,12H2. The Morgan fingerprint density at radius 2 is 2.05 bits per heavy atom. The average Bonchev–Trinajstić information content (AvgIpc) is 2.47. The van der Waals surface area contributed by atoms with Crippen molar-refractivity contribution in [3.05, 3.63) is 34.1 Å². The minimum atomic E-state index is -0.204. The molecule has 4 heteroatoms. The van der Waals surface area contributed by atoms with Crippen molar-refractivity contribution < 1.29 is 9.13 Å². The predicted molar refractivity (Wildman–Crippen MR) is 83.2 cm³/mol. The quantitative estimate of drug-likeness (QED) is 0.740. The molecule has 1 fully saturated rings. The van der Waals surface area contributed by atoms with E-state index in [1.807, 2.05) is 6.07 Å². The summed E-state index contributed by atoms with van der Waals surface area (Å²) >= 11 is 3.16. The normalized spacial score (nSPS) is 16.5. The lowest BCUT2D eigenvalue weighted by Gasteiger charge is -2.21. The highest BCUT2D eigenvalue weighted by atomic mass is 79.9. The number of benzene rings is 1. The highest BCUT2D eigenvalue weighted by molar-refractivity contribution is 9.10. The van der Waals surface area contributed by atoms with Crippen molar-refractivity contribution in [3.63, 3.8) is 0 Å². The first-order valence-electron chi connectivity index (χ1n) is 7.52. The van der Waals surface area contributed by atoms with Gasteiger partial charge in [-0.2, -0.15) is 0 Å². The molecule has 20 heavy (non-hydrogen) atoms. The average molecular weight is 344 g/mol. The van der Waals surface area contributed by atoms with Crippen LogP contribution in [0, 0.1) is 5.82 Å². The molecule has 1 aliphatic rings. The summed E-state index contributed by atoms with van der Waals surface area (Å²) in [6.45, 7) is 2.43. The maximum Gasteiger partial charge on any atom is 0.137 e. The highest BCUT2D eigenvalue weighted by Crippen LogP contribution is 2.20. The van der Waals surface area contributed by atoms with Gasteiger partial charge in [0.25, 0.3) is 0 Å². The minimum absolute atomic E-state index is 0.204. The van der Waals surface area contributed by atoms with Crippen LogP contribution in [-0.2, 0) is 11.3 Å². The van der Waals surface area contributed by atoms with Gasteiger partial charge in [-0.1, -0.05) is 25.3 Å². The first-order chi connectivity index (χ1) is 9.75. The highest BCUT2D eigenvalue weighted by Gasteiger charge is 2.12.